The van der Waals surface area contributed by atoms with Gasteiger partial charge in [0.1, 0.15) is 22.7 Å². The fourth-order valence-electron chi connectivity index (χ4n) is 11.7. The van der Waals surface area contributed by atoms with E-state index in [4.69, 9.17) is 33.2 Å². The number of para-hydroxylation sites is 4. The Morgan fingerprint density at radius 3 is 1.69 bits per heavy atom. The molecule has 0 radical (unpaired) electrons. The Hall–Kier alpha value is -10.6. The van der Waals surface area contributed by atoms with Crippen molar-refractivity contribution in [3.8, 4) is 61.5 Å². The van der Waals surface area contributed by atoms with Gasteiger partial charge >= 0.3 is 0 Å². The van der Waals surface area contributed by atoms with E-state index in [2.05, 4.69) is 109 Å². The van der Waals surface area contributed by atoms with Gasteiger partial charge in [-0.15, -0.1) is 11.3 Å². The Kier molecular flexibility index (Phi) is 18.7. The van der Waals surface area contributed by atoms with Gasteiger partial charge in [0.15, 0.2) is 0 Å². The number of rotatable bonds is 5. The van der Waals surface area contributed by atoms with Gasteiger partial charge in [-0.1, -0.05) is 154 Å². The lowest BCUT2D eigenvalue weighted by molar-refractivity contribution is 0.630. The number of allylic oxidation sites excluding steroid dienone is 1. The second-order valence-electron chi connectivity index (χ2n) is 21.6. The smallest absolute Gasteiger partial charge is 0.147 e. The Morgan fingerprint density at radius 2 is 1.02 bits per heavy atom. The third kappa shape index (κ3) is 12.6. The molecule has 16 aromatic rings. The number of halogens is 4. The largest absolute Gasteiger partial charge is 0.360 e. The Balaban J connectivity index is 0.000000117. The molecule has 9 heterocycles. The van der Waals surface area contributed by atoms with Crippen molar-refractivity contribution < 1.29 is 8.78 Å². The van der Waals surface area contributed by atoms with Crippen LogP contribution in [0.4, 0.5) is 8.78 Å². The number of pyridine rings is 4. The summed E-state index contributed by atoms with van der Waals surface area (Å²) in [5.41, 5.74) is 21.5. The number of fused-ring (bicyclic) bond motifs is 8. The lowest BCUT2D eigenvalue weighted by Crippen LogP contribution is -2.00. The molecule has 9 aromatic heterocycles. The molecule has 93 heavy (non-hydrogen) atoms. The maximum atomic E-state index is 14.0. The van der Waals surface area contributed by atoms with E-state index in [1.165, 1.54) is 44.6 Å². The molecule has 0 spiro atoms. The van der Waals surface area contributed by atoms with Crippen LogP contribution in [0.2, 0.25) is 5.02 Å². The Labute approximate surface area is 550 Å². The van der Waals surface area contributed by atoms with Crippen LogP contribution in [0.25, 0.3) is 137 Å². The SMILES string of the molecule is CC.CC.Cc1cc(F)c2[nH]cc(-c3ccc4ccccc4n3)c2c1.Cc1cccc2c(-c3ccc4c(-c5cncs5)cccc4n3)c[nH]c12.Fc1ccc2c(-c3ccc4ccccc4n3)c[nH]c2c1Cl.N#Cc1cccc2c(-c3ccc4c(n3)C(Cl)=CCC4)c[nH]c12. The quantitative estimate of drug-likeness (QED) is 0.135. The van der Waals surface area contributed by atoms with E-state index in [1.807, 2.05) is 174 Å². The first-order chi connectivity index (χ1) is 45.5. The molecule has 458 valence electrons. The Morgan fingerprint density at radius 1 is 0.484 bits per heavy atom. The van der Waals surface area contributed by atoms with E-state index in [9.17, 15) is 14.0 Å². The van der Waals surface area contributed by atoms with E-state index in [0.717, 1.165) is 129 Å². The van der Waals surface area contributed by atoms with Crippen LogP contribution in [0.5, 0.6) is 0 Å². The normalized spacial score (nSPS) is 11.5. The van der Waals surface area contributed by atoms with Gasteiger partial charge in [0, 0.05) is 102 Å². The molecule has 0 fully saturated rings. The Bertz CT molecular complexity index is 5460. The highest BCUT2D eigenvalue weighted by Gasteiger charge is 2.19. The highest BCUT2D eigenvalue weighted by Crippen LogP contribution is 2.38. The summed E-state index contributed by atoms with van der Waals surface area (Å²) in [6, 6.07) is 59.5. The maximum Gasteiger partial charge on any atom is 0.147 e. The molecular weight excluding hydrogens is 1220 g/mol. The standard InChI is InChI=1S/C21H15N3S.C18H12ClN3.C18H13FN2.C17H10ClFN2.2C2H6/c1-13-4-2-6-16-17(10-23-21(13)16)19-9-8-14-15(20-11-22-12-25-20)5-3-7-18(14)24-19;19-15-6-2-3-11-7-8-16(22-18(11)15)14-10-21-17-12(9-20)4-1-5-13(14)17;1-11-8-13-14(10-20-18(13)15(19)9-11)17-7-6-12-4-2-3-5-16(12)21-17;18-16-13(19)7-6-11-12(9-20-17(11)16)15-8-5-10-3-1-2-4-14(10)21-15;2*1-2/h2-12,23H,1H3;1,4-8,10,21H,2-3H2;2-10,20H,1H3;1-9,20H;2*1-2H3. The predicted molar refractivity (Wildman–Crippen MR) is 384 cm³/mol. The van der Waals surface area contributed by atoms with Crippen molar-refractivity contribution in [1.82, 2.24) is 44.9 Å². The summed E-state index contributed by atoms with van der Waals surface area (Å²) in [7, 11) is 0. The minimum absolute atomic E-state index is 0.111. The van der Waals surface area contributed by atoms with Gasteiger partial charge in [-0.25, -0.2) is 28.7 Å². The number of aryl methyl sites for hydroxylation is 3. The summed E-state index contributed by atoms with van der Waals surface area (Å²) in [6.45, 7) is 12.0. The molecule has 10 nitrogen and oxygen atoms in total. The van der Waals surface area contributed by atoms with Crippen LogP contribution >= 0.6 is 34.5 Å². The number of aromatic amines is 4. The first-order valence-electron chi connectivity index (χ1n) is 30.7. The molecule has 7 aromatic carbocycles. The second-order valence-corrected chi connectivity index (χ2v) is 23.3. The molecule has 0 aliphatic heterocycles. The topological polar surface area (TPSA) is 151 Å². The maximum absolute atomic E-state index is 14.0. The highest BCUT2D eigenvalue weighted by atomic mass is 35.5. The van der Waals surface area contributed by atoms with Crippen molar-refractivity contribution in [3.63, 3.8) is 0 Å². The molecule has 0 atom stereocenters. The summed E-state index contributed by atoms with van der Waals surface area (Å²) in [6.07, 6.45) is 13.5. The monoisotopic (exact) mass is 1280 g/mol. The summed E-state index contributed by atoms with van der Waals surface area (Å²) >= 11 is 13.9. The summed E-state index contributed by atoms with van der Waals surface area (Å²) in [5, 5.41) is 17.3. The minimum Gasteiger partial charge on any atom is -0.360 e. The van der Waals surface area contributed by atoms with Crippen LogP contribution < -0.4 is 0 Å². The van der Waals surface area contributed by atoms with Crippen molar-refractivity contribution >= 4 is 116 Å². The average Bonchev–Trinajstić information content (AvgIpc) is 1.77. The second kappa shape index (κ2) is 27.9. The number of benzene rings is 7. The molecule has 0 saturated heterocycles. The third-order valence-electron chi connectivity index (χ3n) is 16.1. The number of nitriles is 1. The van der Waals surface area contributed by atoms with Crippen molar-refractivity contribution in [2.24, 2.45) is 0 Å². The zero-order valence-corrected chi connectivity index (χ0v) is 54.1. The number of hydrogen-bond acceptors (Lipinski definition) is 7. The van der Waals surface area contributed by atoms with Crippen molar-refractivity contribution in [2.75, 3.05) is 0 Å². The fourth-order valence-corrected chi connectivity index (χ4v) is 12.8. The van der Waals surface area contributed by atoms with Gasteiger partial charge in [-0.3, -0.25) is 4.98 Å². The third-order valence-corrected chi connectivity index (χ3v) is 17.6. The number of thiazole rings is 1. The van der Waals surface area contributed by atoms with Crippen LogP contribution in [0.15, 0.2) is 218 Å². The van der Waals surface area contributed by atoms with E-state index < -0.39 is 5.82 Å². The van der Waals surface area contributed by atoms with Gasteiger partial charge in [-0.05, 0) is 122 Å². The van der Waals surface area contributed by atoms with Crippen LogP contribution in [0.1, 0.15) is 62.1 Å². The van der Waals surface area contributed by atoms with Gasteiger partial charge in [0.25, 0.3) is 0 Å². The molecule has 0 unspecified atom stereocenters. The van der Waals surface area contributed by atoms with E-state index in [0.29, 0.717) is 16.6 Å². The van der Waals surface area contributed by atoms with Crippen molar-refractivity contribution in [1.29, 1.82) is 5.26 Å². The van der Waals surface area contributed by atoms with Crippen LogP contribution in [0, 0.1) is 36.8 Å². The first kappa shape index (κ1) is 62.6. The first-order valence-corrected chi connectivity index (χ1v) is 32.4. The molecule has 0 amide bonds. The highest BCUT2D eigenvalue weighted by molar-refractivity contribution is 7.13. The average molecular weight is 1280 g/mol. The summed E-state index contributed by atoms with van der Waals surface area (Å²) in [5.74, 6) is -0.652. The summed E-state index contributed by atoms with van der Waals surface area (Å²) in [4.78, 5) is 37.0. The summed E-state index contributed by atoms with van der Waals surface area (Å²) < 4.78 is 27.5. The van der Waals surface area contributed by atoms with Gasteiger partial charge < -0.3 is 19.9 Å². The van der Waals surface area contributed by atoms with Crippen molar-refractivity contribution in [3.05, 3.63) is 263 Å². The van der Waals surface area contributed by atoms with Crippen LogP contribution in [-0.4, -0.2) is 44.9 Å². The van der Waals surface area contributed by atoms with E-state index >= 15 is 0 Å². The molecule has 0 bridgehead atoms. The number of hydrogen-bond donors (Lipinski definition) is 4. The molecule has 0 saturated carbocycles. The van der Waals surface area contributed by atoms with E-state index in [1.54, 1.807) is 17.4 Å². The van der Waals surface area contributed by atoms with Gasteiger partial charge in [0.05, 0.1) is 82.6 Å². The number of nitrogens with one attached hydrogen (secondary N) is 4. The molecular formula is C78H62Cl2F2N10S. The molecule has 15 heteroatoms. The number of H-pyrrole nitrogens is 4. The van der Waals surface area contributed by atoms with Gasteiger partial charge in [0.2, 0.25) is 0 Å². The number of aromatic nitrogens is 9. The van der Waals surface area contributed by atoms with E-state index in [-0.39, 0.29) is 10.8 Å². The molecule has 1 aliphatic rings. The van der Waals surface area contributed by atoms with Crippen LogP contribution in [0.3, 0.4) is 0 Å². The van der Waals surface area contributed by atoms with Gasteiger partial charge in [-0.2, -0.15) is 5.26 Å². The van der Waals surface area contributed by atoms with Crippen LogP contribution in [-0.2, 0) is 6.42 Å². The lowest BCUT2D eigenvalue weighted by Gasteiger charge is -2.13. The van der Waals surface area contributed by atoms with Crippen molar-refractivity contribution in [2.45, 2.75) is 54.4 Å². The lowest BCUT2D eigenvalue weighted by atomic mass is 10.00. The zero-order chi connectivity index (χ0) is 64.7. The molecule has 17 rings (SSSR count). The molecule has 4 N–H and O–H groups in total. The fraction of sp³-hybridized carbons (Fsp3) is 0.103. The predicted octanol–water partition coefficient (Wildman–Crippen LogP) is 22.5. The number of nitrogens with zero attached hydrogens (tertiary/aromatic N) is 6. The minimum atomic E-state index is -0.427. The molecule has 1 aliphatic carbocycles. The zero-order valence-electron chi connectivity index (χ0n) is 51.8.